The first-order valence-corrected chi connectivity index (χ1v) is 16.8. The highest BCUT2D eigenvalue weighted by Gasteiger charge is 2.50. The average Bonchev–Trinajstić information content (AvgIpc) is 3.48. The lowest BCUT2D eigenvalue weighted by Crippen LogP contribution is -2.63. The molecule has 9 nitrogen and oxygen atoms in total. The molecule has 6 atom stereocenters. The second-order valence-corrected chi connectivity index (χ2v) is 13.2. The summed E-state index contributed by atoms with van der Waals surface area (Å²) in [5, 5.41) is 12.3. The Morgan fingerprint density at radius 1 is 0.804 bits per heavy atom. The minimum Gasteiger partial charge on any atom is -0.385 e. The molecule has 0 bridgehead atoms. The number of para-hydroxylation sites is 1. The van der Waals surface area contributed by atoms with Gasteiger partial charge in [-0.3, -0.25) is 0 Å². The van der Waals surface area contributed by atoms with Crippen LogP contribution in [-0.4, -0.2) is 61.4 Å². The molecule has 5 aromatic rings. The Morgan fingerprint density at radius 2 is 1.48 bits per heavy atom. The van der Waals surface area contributed by atoms with Gasteiger partial charge in [0, 0.05) is 17.1 Å². The van der Waals surface area contributed by atoms with Gasteiger partial charge in [0.25, 0.3) is 10.0 Å². The van der Waals surface area contributed by atoms with E-state index in [4.69, 9.17) is 23.7 Å². The van der Waals surface area contributed by atoms with Crippen molar-refractivity contribution in [3.8, 4) is 0 Å². The van der Waals surface area contributed by atoms with E-state index in [2.05, 4.69) is 0 Å². The number of aliphatic hydroxyl groups is 1. The molecule has 1 aromatic heterocycles. The molecule has 1 unspecified atom stereocenters. The zero-order valence-electron chi connectivity index (χ0n) is 25.0. The monoisotopic (exact) mass is 641 g/mol. The molecule has 46 heavy (non-hydrogen) atoms. The molecule has 3 heterocycles. The minimum absolute atomic E-state index is 0.165. The topological polar surface area (TPSA) is 105 Å². The highest BCUT2D eigenvalue weighted by Crippen LogP contribution is 2.36. The van der Waals surface area contributed by atoms with E-state index in [-0.39, 0.29) is 24.7 Å². The zero-order valence-corrected chi connectivity index (χ0v) is 25.8. The predicted octanol–water partition coefficient (Wildman–Crippen LogP) is 5.22. The Morgan fingerprint density at radius 3 is 2.24 bits per heavy atom. The third kappa shape index (κ3) is 6.25. The molecule has 0 spiro atoms. The van der Waals surface area contributed by atoms with Gasteiger partial charge in [0.15, 0.2) is 12.6 Å². The van der Waals surface area contributed by atoms with Crippen molar-refractivity contribution in [2.75, 3.05) is 13.2 Å². The molecular weight excluding hydrogens is 606 g/mol. The molecule has 0 saturated carbocycles. The van der Waals surface area contributed by atoms with Gasteiger partial charge in [-0.25, -0.2) is 12.4 Å². The Labute approximate surface area is 267 Å². The summed E-state index contributed by atoms with van der Waals surface area (Å²) in [4.78, 5) is 0.208. The second-order valence-electron chi connectivity index (χ2n) is 11.4. The van der Waals surface area contributed by atoms with Crippen molar-refractivity contribution in [3.05, 3.63) is 138 Å². The van der Waals surface area contributed by atoms with Crippen LogP contribution < -0.4 is 0 Å². The van der Waals surface area contributed by atoms with Crippen LogP contribution in [0.3, 0.4) is 0 Å². The van der Waals surface area contributed by atoms with E-state index in [1.54, 1.807) is 42.6 Å². The molecule has 1 N–H and O–H groups in total. The van der Waals surface area contributed by atoms with Gasteiger partial charge in [0.05, 0.1) is 30.2 Å². The predicted molar refractivity (Wildman–Crippen MR) is 170 cm³/mol. The van der Waals surface area contributed by atoms with Crippen LogP contribution in [0, 0.1) is 0 Å². The van der Waals surface area contributed by atoms with E-state index in [9.17, 15) is 13.5 Å². The van der Waals surface area contributed by atoms with Gasteiger partial charge in [0.2, 0.25) is 0 Å². The molecule has 7 rings (SSSR count). The van der Waals surface area contributed by atoms with Crippen LogP contribution in [0.4, 0.5) is 0 Å². The van der Waals surface area contributed by atoms with Crippen molar-refractivity contribution in [3.63, 3.8) is 0 Å². The molecule has 2 saturated heterocycles. The fourth-order valence-electron chi connectivity index (χ4n) is 6.04. The lowest BCUT2D eigenvalue weighted by atomic mass is 9.97. The number of hydrogen-bond donors (Lipinski definition) is 1. The third-order valence-electron chi connectivity index (χ3n) is 8.38. The summed E-state index contributed by atoms with van der Waals surface area (Å²) < 4.78 is 59.4. The number of hydrogen-bond acceptors (Lipinski definition) is 8. The maximum absolute atomic E-state index is 13.5. The Balaban J connectivity index is 1.08. The van der Waals surface area contributed by atoms with Gasteiger partial charge < -0.3 is 28.8 Å². The van der Waals surface area contributed by atoms with E-state index >= 15 is 0 Å². The second kappa shape index (κ2) is 13.5. The molecule has 4 aromatic carbocycles. The van der Waals surface area contributed by atoms with Gasteiger partial charge in [-0.05, 0) is 35.7 Å². The molecule has 2 aliphatic rings. The standard InChI is InChI=1S/C36H35NO8S/c38-32-34(42-23-25-12-4-1-5-13-25)33-31(24-43-35(45-33)26-14-6-2-7-15-26)44-36(32)41-21-20-27-22-37(30-19-11-10-18-29(27)30)46(39,40)28-16-8-3-9-17-28/h1-19,22,31-36,38H,20-21,23-24H2/t31-,32-,33-,34-,35?,36-/m0/s1. The maximum Gasteiger partial charge on any atom is 0.268 e. The number of aliphatic hydroxyl groups excluding tert-OH is 1. The minimum atomic E-state index is -3.81. The van der Waals surface area contributed by atoms with Crippen LogP contribution >= 0.6 is 0 Å². The Bertz CT molecular complexity index is 1850. The summed E-state index contributed by atoms with van der Waals surface area (Å²) in [6, 6.07) is 35.1. The summed E-state index contributed by atoms with van der Waals surface area (Å²) in [6.07, 6.45) is -2.64. The summed E-state index contributed by atoms with van der Waals surface area (Å²) in [7, 11) is -3.81. The smallest absolute Gasteiger partial charge is 0.268 e. The first-order valence-electron chi connectivity index (χ1n) is 15.3. The number of nitrogens with zero attached hydrogens (tertiary/aromatic N) is 1. The number of benzene rings is 4. The van der Waals surface area contributed by atoms with Crippen LogP contribution in [0.15, 0.2) is 126 Å². The number of ether oxygens (including phenoxy) is 5. The van der Waals surface area contributed by atoms with Crippen molar-refractivity contribution in [2.45, 2.75) is 54.9 Å². The summed E-state index contributed by atoms with van der Waals surface area (Å²) in [5.74, 6) is 0. The summed E-state index contributed by atoms with van der Waals surface area (Å²) in [5.41, 5.74) is 3.20. The zero-order chi connectivity index (χ0) is 31.5. The molecule has 10 heteroatoms. The summed E-state index contributed by atoms with van der Waals surface area (Å²) >= 11 is 0. The fraction of sp³-hybridized carbons (Fsp3) is 0.278. The van der Waals surface area contributed by atoms with Crippen LogP contribution in [0.25, 0.3) is 10.9 Å². The average molecular weight is 642 g/mol. The first kappa shape index (κ1) is 30.8. The number of rotatable bonds is 10. The Hall–Kier alpha value is -3.87. The molecular formula is C36H35NO8S. The van der Waals surface area contributed by atoms with Crippen molar-refractivity contribution in [1.82, 2.24) is 3.97 Å². The first-order chi connectivity index (χ1) is 22.5. The lowest BCUT2D eigenvalue weighted by molar-refractivity contribution is -0.366. The normalized spacial score (nSPS) is 24.9. The van der Waals surface area contributed by atoms with E-state index in [1.807, 2.05) is 78.9 Å². The SMILES string of the molecule is O=S(=O)(c1ccccc1)n1cc(CCO[C@H]2O[C@H]3COC(c4ccccc4)O[C@@H]3[C@@H](OCc3ccccc3)[C@@H]2O)c2ccccc21. The van der Waals surface area contributed by atoms with Gasteiger partial charge >= 0.3 is 0 Å². The van der Waals surface area contributed by atoms with E-state index in [1.165, 1.54) is 3.97 Å². The number of fused-ring (bicyclic) bond motifs is 2. The molecule has 2 fully saturated rings. The maximum atomic E-state index is 13.5. The van der Waals surface area contributed by atoms with Crippen LogP contribution in [0.1, 0.15) is 23.0 Å². The third-order valence-corrected chi connectivity index (χ3v) is 10.1. The fourth-order valence-corrected chi connectivity index (χ4v) is 7.46. The molecule has 0 aliphatic carbocycles. The van der Waals surface area contributed by atoms with E-state index in [0.29, 0.717) is 11.9 Å². The van der Waals surface area contributed by atoms with Crippen LogP contribution in [-0.2, 0) is 46.7 Å². The van der Waals surface area contributed by atoms with Crippen molar-refractivity contribution in [1.29, 1.82) is 0 Å². The van der Waals surface area contributed by atoms with Gasteiger partial charge in [0.1, 0.15) is 24.4 Å². The van der Waals surface area contributed by atoms with Crippen molar-refractivity contribution < 1.29 is 37.2 Å². The molecule has 0 radical (unpaired) electrons. The van der Waals surface area contributed by atoms with Crippen molar-refractivity contribution in [2.24, 2.45) is 0 Å². The number of aromatic nitrogens is 1. The van der Waals surface area contributed by atoms with Gasteiger partial charge in [-0.2, -0.15) is 0 Å². The Kier molecular flexibility index (Phi) is 9.01. The molecule has 2 aliphatic heterocycles. The lowest BCUT2D eigenvalue weighted by Gasteiger charge is -2.47. The largest absolute Gasteiger partial charge is 0.385 e. The van der Waals surface area contributed by atoms with E-state index in [0.717, 1.165) is 22.1 Å². The highest BCUT2D eigenvalue weighted by molar-refractivity contribution is 7.90. The summed E-state index contributed by atoms with van der Waals surface area (Å²) in [6.45, 7) is 0.666. The quantitative estimate of drug-likeness (QED) is 0.221. The molecule has 238 valence electrons. The molecule has 0 amide bonds. The van der Waals surface area contributed by atoms with Gasteiger partial charge in [-0.1, -0.05) is 97.1 Å². The highest BCUT2D eigenvalue weighted by atomic mass is 32.2. The van der Waals surface area contributed by atoms with Gasteiger partial charge in [-0.15, -0.1) is 0 Å². The van der Waals surface area contributed by atoms with Crippen molar-refractivity contribution >= 4 is 20.9 Å². The van der Waals surface area contributed by atoms with Crippen LogP contribution in [0.5, 0.6) is 0 Å². The van der Waals surface area contributed by atoms with Crippen LogP contribution in [0.2, 0.25) is 0 Å². The van der Waals surface area contributed by atoms with E-state index < -0.39 is 47.0 Å².